The van der Waals surface area contributed by atoms with E-state index in [2.05, 4.69) is 21.0 Å². The predicted octanol–water partition coefficient (Wildman–Crippen LogP) is 4.59. The zero-order chi connectivity index (χ0) is 26.5. The first-order valence-electron chi connectivity index (χ1n) is 12.4. The van der Waals surface area contributed by atoms with Crippen LogP contribution in [0.3, 0.4) is 0 Å². The highest BCUT2D eigenvalue weighted by molar-refractivity contribution is 5.90. The van der Waals surface area contributed by atoms with Crippen LogP contribution < -0.4 is 20.7 Å². The number of ether oxygens (including phenoxy) is 2. The molecule has 1 aliphatic rings. The van der Waals surface area contributed by atoms with E-state index in [4.69, 9.17) is 9.47 Å². The number of anilines is 1. The third kappa shape index (κ3) is 5.75. The van der Waals surface area contributed by atoms with Crippen molar-refractivity contribution in [3.8, 4) is 11.6 Å². The first kappa shape index (κ1) is 26.6. The lowest BCUT2D eigenvalue weighted by atomic mass is 9.83. The van der Waals surface area contributed by atoms with Crippen LogP contribution >= 0.6 is 0 Å². The molecule has 198 valence electrons. The standard InChI is InChI=1S/C27H33F2N5O3/c1-5-37-26-17(3)25(34(33-26)19-9-7-6-8-10-19)32-27(35)31-23-15-30-14-20(23)16(2)24(36-4)18-11-12-21(28)22(29)13-18/h6-13,16,20,23-24,30H,5,14-15H2,1-4H3,(H2,31,32,35)/t16?,20-,23+,24?/m0/s1. The van der Waals surface area contributed by atoms with Crippen molar-refractivity contribution in [1.29, 1.82) is 0 Å². The molecule has 3 N–H and O–H groups in total. The van der Waals surface area contributed by atoms with Crippen molar-refractivity contribution in [2.75, 3.05) is 32.1 Å². The first-order valence-corrected chi connectivity index (χ1v) is 12.4. The number of methoxy groups -OCH3 is 1. The zero-order valence-corrected chi connectivity index (χ0v) is 21.4. The number of hydrogen-bond acceptors (Lipinski definition) is 5. The van der Waals surface area contributed by atoms with Gasteiger partial charge in [0.15, 0.2) is 11.6 Å². The van der Waals surface area contributed by atoms with Gasteiger partial charge in [-0.3, -0.25) is 5.32 Å². The molecule has 1 fully saturated rings. The Morgan fingerprint density at radius 1 is 1.19 bits per heavy atom. The maximum Gasteiger partial charge on any atom is 0.320 e. The van der Waals surface area contributed by atoms with Gasteiger partial charge >= 0.3 is 6.03 Å². The Labute approximate surface area is 215 Å². The van der Waals surface area contributed by atoms with E-state index in [1.54, 1.807) is 11.8 Å². The second kappa shape index (κ2) is 11.7. The third-order valence-electron chi connectivity index (χ3n) is 6.85. The zero-order valence-electron chi connectivity index (χ0n) is 21.4. The van der Waals surface area contributed by atoms with Gasteiger partial charge in [-0.05, 0) is 55.5 Å². The van der Waals surface area contributed by atoms with Gasteiger partial charge in [0.1, 0.15) is 5.82 Å². The molecule has 4 rings (SSSR count). The highest BCUT2D eigenvalue weighted by atomic mass is 19.2. The van der Waals surface area contributed by atoms with Crippen molar-refractivity contribution in [1.82, 2.24) is 20.4 Å². The fraction of sp³-hybridized carbons (Fsp3) is 0.407. The van der Waals surface area contributed by atoms with Crippen LogP contribution in [-0.4, -0.2) is 48.7 Å². The minimum Gasteiger partial charge on any atom is -0.477 e. The van der Waals surface area contributed by atoms with Crippen molar-refractivity contribution < 1.29 is 23.0 Å². The van der Waals surface area contributed by atoms with Crippen LogP contribution in [0.15, 0.2) is 48.5 Å². The molecule has 1 saturated heterocycles. The van der Waals surface area contributed by atoms with Crippen LogP contribution in [0.25, 0.3) is 5.69 Å². The SMILES string of the molecule is CCOc1nn(-c2ccccc2)c(NC(=O)N[C@@H]2CNC[C@H]2C(C)C(OC)c2ccc(F)c(F)c2)c1C. The van der Waals surface area contributed by atoms with Gasteiger partial charge in [-0.25, -0.2) is 18.3 Å². The van der Waals surface area contributed by atoms with Crippen molar-refractivity contribution in [3.63, 3.8) is 0 Å². The Morgan fingerprint density at radius 3 is 2.62 bits per heavy atom. The third-order valence-corrected chi connectivity index (χ3v) is 6.85. The van der Waals surface area contributed by atoms with Crippen molar-refractivity contribution in [2.24, 2.45) is 11.8 Å². The summed E-state index contributed by atoms with van der Waals surface area (Å²) in [5, 5.41) is 13.9. The largest absolute Gasteiger partial charge is 0.477 e. The minimum atomic E-state index is -0.915. The van der Waals surface area contributed by atoms with Gasteiger partial charge < -0.3 is 20.1 Å². The number of aromatic nitrogens is 2. The number of carbonyl (C=O) groups is 1. The van der Waals surface area contributed by atoms with Crippen LogP contribution in [0.4, 0.5) is 19.4 Å². The van der Waals surface area contributed by atoms with E-state index in [1.807, 2.05) is 51.1 Å². The average Bonchev–Trinajstić information content (AvgIpc) is 3.47. The molecule has 2 heterocycles. The highest BCUT2D eigenvalue weighted by Crippen LogP contribution is 2.34. The molecule has 2 aromatic carbocycles. The number of rotatable bonds is 9. The predicted molar refractivity (Wildman–Crippen MR) is 137 cm³/mol. The quantitative estimate of drug-likeness (QED) is 0.390. The number of benzene rings is 2. The van der Waals surface area contributed by atoms with Crippen LogP contribution in [0, 0.1) is 30.4 Å². The van der Waals surface area contributed by atoms with Crippen molar-refractivity contribution in [3.05, 3.63) is 71.3 Å². The van der Waals surface area contributed by atoms with Gasteiger partial charge in [0.25, 0.3) is 0 Å². The van der Waals surface area contributed by atoms with Gasteiger partial charge in [0, 0.05) is 26.2 Å². The second-order valence-electron chi connectivity index (χ2n) is 9.18. The lowest BCUT2D eigenvalue weighted by molar-refractivity contribution is 0.0323. The molecule has 8 nitrogen and oxygen atoms in total. The van der Waals surface area contributed by atoms with E-state index in [0.717, 1.165) is 11.8 Å². The number of nitrogens with zero attached hydrogens (tertiary/aromatic N) is 2. The van der Waals surface area contributed by atoms with E-state index >= 15 is 0 Å². The van der Waals surface area contributed by atoms with E-state index in [9.17, 15) is 13.6 Å². The highest BCUT2D eigenvalue weighted by Gasteiger charge is 2.37. The summed E-state index contributed by atoms with van der Waals surface area (Å²) < 4.78 is 40.4. The van der Waals surface area contributed by atoms with Gasteiger partial charge in [-0.15, -0.1) is 5.10 Å². The first-order chi connectivity index (χ1) is 17.8. The molecule has 1 aromatic heterocycles. The Bertz CT molecular complexity index is 1220. The molecule has 0 spiro atoms. The molecule has 1 aliphatic heterocycles. The molecule has 0 aliphatic carbocycles. The summed E-state index contributed by atoms with van der Waals surface area (Å²) in [6, 6.07) is 12.7. The number of para-hydroxylation sites is 1. The second-order valence-corrected chi connectivity index (χ2v) is 9.18. The average molecular weight is 514 g/mol. The van der Waals surface area contributed by atoms with Crippen LogP contribution in [0.5, 0.6) is 5.88 Å². The van der Waals surface area contributed by atoms with E-state index < -0.39 is 17.7 Å². The Balaban J connectivity index is 1.51. The summed E-state index contributed by atoms with van der Waals surface area (Å²) in [4.78, 5) is 13.2. The molecule has 2 amide bonds. The van der Waals surface area contributed by atoms with Crippen LogP contribution in [0.2, 0.25) is 0 Å². The minimum absolute atomic E-state index is 0.0112. The lowest BCUT2D eigenvalue weighted by Crippen LogP contribution is -2.45. The summed E-state index contributed by atoms with van der Waals surface area (Å²) in [7, 11) is 1.55. The van der Waals surface area contributed by atoms with Gasteiger partial charge in [0.2, 0.25) is 5.88 Å². The molecule has 3 aromatic rings. The van der Waals surface area contributed by atoms with Crippen molar-refractivity contribution in [2.45, 2.75) is 32.9 Å². The lowest BCUT2D eigenvalue weighted by Gasteiger charge is -2.31. The fourth-order valence-corrected chi connectivity index (χ4v) is 4.94. The smallest absolute Gasteiger partial charge is 0.320 e. The van der Waals surface area contributed by atoms with Crippen LogP contribution in [-0.2, 0) is 4.74 Å². The Hall–Kier alpha value is -3.50. The van der Waals surface area contributed by atoms with E-state index in [1.165, 1.54) is 12.1 Å². The molecule has 0 saturated carbocycles. The Kier molecular flexibility index (Phi) is 8.40. The molecular formula is C27H33F2N5O3. The number of hydrogen-bond donors (Lipinski definition) is 3. The molecule has 37 heavy (non-hydrogen) atoms. The van der Waals surface area contributed by atoms with Crippen molar-refractivity contribution >= 4 is 11.8 Å². The maximum absolute atomic E-state index is 13.9. The number of carbonyl (C=O) groups excluding carboxylic acids is 1. The normalized spacial score (nSPS) is 18.9. The molecule has 0 bridgehead atoms. The van der Waals surface area contributed by atoms with E-state index in [-0.39, 0.29) is 23.9 Å². The molecule has 10 heteroatoms. The number of nitrogens with one attached hydrogen (secondary N) is 3. The maximum atomic E-state index is 13.9. The van der Waals surface area contributed by atoms with Crippen LogP contribution in [0.1, 0.15) is 31.1 Å². The fourth-order valence-electron chi connectivity index (χ4n) is 4.94. The van der Waals surface area contributed by atoms with Gasteiger partial charge in [0.05, 0.1) is 24.0 Å². The topological polar surface area (TPSA) is 89.4 Å². The van der Waals surface area contributed by atoms with Gasteiger partial charge in [-0.2, -0.15) is 0 Å². The molecular weight excluding hydrogens is 480 g/mol. The number of amides is 2. The molecule has 0 radical (unpaired) electrons. The summed E-state index contributed by atoms with van der Waals surface area (Å²) >= 11 is 0. The number of halogens is 2. The van der Waals surface area contributed by atoms with E-state index in [0.29, 0.717) is 42.5 Å². The summed E-state index contributed by atoms with van der Waals surface area (Å²) in [6.07, 6.45) is -0.470. The monoisotopic (exact) mass is 513 g/mol. The number of urea groups is 1. The Morgan fingerprint density at radius 2 is 1.95 bits per heavy atom. The summed E-state index contributed by atoms with van der Waals surface area (Å²) in [5.41, 5.74) is 2.05. The molecule has 4 atom stereocenters. The van der Waals surface area contributed by atoms with Gasteiger partial charge in [-0.1, -0.05) is 31.2 Å². The summed E-state index contributed by atoms with van der Waals surface area (Å²) in [5.74, 6) is -0.964. The summed E-state index contributed by atoms with van der Waals surface area (Å²) in [6.45, 7) is 7.37. The molecule has 2 unspecified atom stereocenters.